The molecule has 2 aromatic carbocycles. The van der Waals surface area contributed by atoms with E-state index < -0.39 is 0 Å². The van der Waals surface area contributed by atoms with Crippen LogP contribution in [0.15, 0.2) is 78.0 Å². The second-order valence-electron chi connectivity index (χ2n) is 6.06. The van der Waals surface area contributed by atoms with Crippen LogP contribution in [-0.2, 0) is 0 Å². The molecule has 0 amide bonds. The summed E-state index contributed by atoms with van der Waals surface area (Å²) in [6.45, 7) is 2.03. The summed E-state index contributed by atoms with van der Waals surface area (Å²) < 4.78 is 0. The lowest BCUT2D eigenvalue weighted by molar-refractivity contribution is 0.795. The number of aromatic nitrogens is 4. The zero-order valence-corrected chi connectivity index (χ0v) is 14.4. The molecule has 2 heterocycles. The number of hydrogen-bond donors (Lipinski definition) is 2. The second-order valence-corrected chi connectivity index (χ2v) is 6.06. The molecule has 0 saturated heterocycles. The van der Waals surface area contributed by atoms with E-state index in [1.165, 1.54) is 0 Å². The van der Waals surface area contributed by atoms with Crippen LogP contribution >= 0.6 is 0 Å². The highest BCUT2D eigenvalue weighted by Gasteiger charge is 2.09. The van der Waals surface area contributed by atoms with Gasteiger partial charge in [0.25, 0.3) is 0 Å². The van der Waals surface area contributed by atoms with Gasteiger partial charge in [0.2, 0.25) is 0 Å². The standard InChI is InChI=1S/C21H19N5/c1-15(19-14-24-21(26-19)17-10-6-3-7-11-17)22-12-18-13-23-20(25-18)16-8-4-2-5-9-16/h2-15H,1H3,(H,23,25)(H,24,26)/t15-/m0/s1. The predicted octanol–water partition coefficient (Wildman–Crippen LogP) is 4.65. The molecule has 4 aromatic rings. The maximum absolute atomic E-state index is 4.61. The van der Waals surface area contributed by atoms with Crippen molar-refractivity contribution in [2.45, 2.75) is 13.0 Å². The minimum absolute atomic E-state index is 0.0246. The summed E-state index contributed by atoms with van der Waals surface area (Å²) >= 11 is 0. The van der Waals surface area contributed by atoms with E-state index >= 15 is 0 Å². The van der Waals surface area contributed by atoms with E-state index in [9.17, 15) is 0 Å². The van der Waals surface area contributed by atoms with E-state index in [1.807, 2.05) is 80.0 Å². The van der Waals surface area contributed by atoms with Crippen LogP contribution in [0.3, 0.4) is 0 Å². The van der Waals surface area contributed by atoms with E-state index in [0.29, 0.717) is 0 Å². The first-order chi connectivity index (χ1) is 12.8. The maximum atomic E-state index is 4.61. The Morgan fingerprint density at radius 2 is 1.38 bits per heavy atom. The van der Waals surface area contributed by atoms with Gasteiger partial charge in [-0.3, -0.25) is 4.99 Å². The van der Waals surface area contributed by atoms with Gasteiger partial charge in [-0.2, -0.15) is 0 Å². The summed E-state index contributed by atoms with van der Waals surface area (Å²) in [5.74, 6) is 1.70. The van der Waals surface area contributed by atoms with Crippen molar-refractivity contribution >= 4 is 6.21 Å². The molecule has 2 N–H and O–H groups in total. The molecule has 5 nitrogen and oxygen atoms in total. The number of benzene rings is 2. The molecule has 0 saturated carbocycles. The Morgan fingerprint density at radius 1 is 0.808 bits per heavy atom. The average Bonchev–Trinajstić information content (AvgIpc) is 3.37. The van der Waals surface area contributed by atoms with Crippen molar-refractivity contribution in [3.8, 4) is 22.8 Å². The Bertz CT molecular complexity index is 999. The molecule has 0 aliphatic rings. The van der Waals surface area contributed by atoms with Gasteiger partial charge in [0.05, 0.1) is 29.8 Å². The van der Waals surface area contributed by atoms with Crippen molar-refractivity contribution in [3.05, 3.63) is 84.4 Å². The lowest BCUT2D eigenvalue weighted by atomic mass is 10.2. The van der Waals surface area contributed by atoms with E-state index in [4.69, 9.17) is 0 Å². The van der Waals surface area contributed by atoms with Crippen LogP contribution in [0, 0.1) is 0 Å². The smallest absolute Gasteiger partial charge is 0.137 e. The first-order valence-corrected chi connectivity index (χ1v) is 8.53. The van der Waals surface area contributed by atoms with Gasteiger partial charge in [0.15, 0.2) is 0 Å². The molecule has 0 aliphatic heterocycles. The van der Waals surface area contributed by atoms with Gasteiger partial charge in [0, 0.05) is 17.3 Å². The largest absolute Gasteiger partial charge is 0.340 e. The Morgan fingerprint density at radius 3 is 2.04 bits per heavy atom. The first-order valence-electron chi connectivity index (χ1n) is 8.53. The highest BCUT2D eigenvalue weighted by molar-refractivity contribution is 5.78. The molecule has 2 aromatic heterocycles. The van der Waals surface area contributed by atoms with Gasteiger partial charge in [-0.05, 0) is 6.92 Å². The van der Waals surface area contributed by atoms with E-state index in [-0.39, 0.29) is 6.04 Å². The van der Waals surface area contributed by atoms with E-state index in [2.05, 4.69) is 24.9 Å². The van der Waals surface area contributed by atoms with Crippen LogP contribution in [0.25, 0.3) is 22.8 Å². The maximum Gasteiger partial charge on any atom is 0.137 e. The van der Waals surface area contributed by atoms with Gasteiger partial charge in [-0.15, -0.1) is 0 Å². The lowest BCUT2D eigenvalue weighted by Crippen LogP contribution is -1.92. The average molecular weight is 341 g/mol. The summed E-state index contributed by atoms with van der Waals surface area (Å²) in [6.07, 6.45) is 5.45. The third kappa shape index (κ3) is 3.47. The second kappa shape index (κ2) is 7.19. The highest BCUT2D eigenvalue weighted by Crippen LogP contribution is 2.20. The lowest BCUT2D eigenvalue weighted by Gasteiger charge is -2.02. The van der Waals surface area contributed by atoms with Crippen LogP contribution in [0.5, 0.6) is 0 Å². The SMILES string of the molecule is C[C@H](N=Cc1cnc(-c2ccccc2)[nH]1)c1cnc(-c2ccccc2)[nH]1. The van der Waals surface area contributed by atoms with Crippen molar-refractivity contribution in [1.82, 2.24) is 19.9 Å². The van der Waals surface area contributed by atoms with Crippen molar-refractivity contribution in [3.63, 3.8) is 0 Å². The molecule has 0 spiro atoms. The fourth-order valence-electron chi connectivity index (χ4n) is 2.71. The fraction of sp³-hybridized carbons (Fsp3) is 0.0952. The van der Waals surface area contributed by atoms with Gasteiger partial charge in [-0.1, -0.05) is 60.7 Å². The number of hydrogen-bond acceptors (Lipinski definition) is 3. The molecule has 0 aliphatic carbocycles. The van der Waals surface area contributed by atoms with Gasteiger partial charge in [-0.25, -0.2) is 9.97 Å². The molecule has 0 bridgehead atoms. The Kier molecular flexibility index (Phi) is 4.43. The van der Waals surface area contributed by atoms with Crippen LogP contribution < -0.4 is 0 Å². The minimum Gasteiger partial charge on any atom is -0.340 e. The third-order valence-electron chi connectivity index (χ3n) is 4.17. The van der Waals surface area contributed by atoms with Crippen molar-refractivity contribution in [2.24, 2.45) is 4.99 Å². The Hall–Kier alpha value is -3.47. The summed E-state index contributed by atoms with van der Waals surface area (Å²) in [5.41, 5.74) is 3.97. The van der Waals surface area contributed by atoms with Crippen molar-refractivity contribution in [2.75, 3.05) is 0 Å². The van der Waals surface area contributed by atoms with Crippen LogP contribution in [-0.4, -0.2) is 26.2 Å². The molecule has 0 fully saturated rings. The van der Waals surface area contributed by atoms with Crippen LogP contribution in [0.2, 0.25) is 0 Å². The molecule has 0 radical (unpaired) electrons. The van der Waals surface area contributed by atoms with E-state index in [0.717, 1.165) is 34.2 Å². The fourth-order valence-corrected chi connectivity index (χ4v) is 2.71. The number of imidazole rings is 2. The Balaban J connectivity index is 1.48. The van der Waals surface area contributed by atoms with E-state index in [1.54, 1.807) is 6.20 Å². The first kappa shape index (κ1) is 16.0. The molecule has 128 valence electrons. The quantitative estimate of drug-likeness (QED) is 0.519. The monoisotopic (exact) mass is 341 g/mol. The zero-order valence-electron chi connectivity index (χ0n) is 14.4. The van der Waals surface area contributed by atoms with Crippen molar-refractivity contribution in [1.29, 1.82) is 0 Å². The highest BCUT2D eigenvalue weighted by atomic mass is 15.0. The Labute approximate surface area is 151 Å². The number of H-pyrrole nitrogens is 2. The number of nitrogens with zero attached hydrogens (tertiary/aromatic N) is 3. The number of aliphatic imine (C=N–C) groups is 1. The van der Waals surface area contributed by atoms with Crippen LogP contribution in [0.1, 0.15) is 24.4 Å². The van der Waals surface area contributed by atoms with Gasteiger partial charge >= 0.3 is 0 Å². The minimum atomic E-state index is -0.0246. The molecule has 5 heteroatoms. The summed E-state index contributed by atoms with van der Waals surface area (Å²) in [4.78, 5) is 20.1. The van der Waals surface area contributed by atoms with Gasteiger partial charge < -0.3 is 9.97 Å². The summed E-state index contributed by atoms with van der Waals surface area (Å²) in [5, 5.41) is 0. The molecule has 1 atom stereocenters. The normalized spacial score (nSPS) is 12.5. The number of aromatic amines is 2. The third-order valence-corrected chi connectivity index (χ3v) is 4.17. The molecule has 4 rings (SSSR count). The molecular formula is C21H19N5. The predicted molar refractivity (Wildman–Crippen MR) is 104 cm³/mol. The number of rotatable bonds is 5. The summed E-state index contributed by atoms with van der Waals surface area (Å²) in [7, 11) is 0. The van der Waals surface area contributed by atoms with Crippen molar-refractivity contribution < 1.29 is 0 Å². The van der Waals surface area contributed by atoms with Crippen LogP contribution in [0.4, 0.5) is 0 Å². The topological polar surface area (TPSA) is 69.7 Å². The molecule has 26 heavy (non-hydrogen) atoms. The van der Waals surface area contributed by atoms with Gasteiger partial charge in [0.1, 0.15) is 11.6 Å². The summed E-state index contributed by atoms with van der Waals surface area (Å²) in [6, 6.07) is 20.1. The zero-order chi connectivity index (χ0) is 17.8. The molecule has 0 unspecified atom stereocenters. The number of nitrogens with one attached hydrogen (secondary N) is 2. The molecular weight excluding hydrogens is 322 g/mol.